The molecule has 3 rings (SSSR count). The van der Waals surface area contributed by atoms with Crippen LogP contribution in [0.4, 0.5) is 0 Å². The molecule has 1 aromatic heterocycles. The predicted octanol–water partition coefficient (Wildman–Crippen LogP) is 2.27. The second-order valence-electron chi connectivity index (χ2n) is 5.41. The molecule has 0 radical (unpaired) electrons. The summed E-state index contributed by atoms with van der Waals surface area (Å²) in [5.41, 5.74) is 1.14. The number of halogens is 1. The van der Waals surface area contributed by atoms with Crippen molar-refractivity contribution in [3.05, 3.63) is 53.6 Å². The highest BCUT2D eigenvalue weighted by atomic mass is 35.5. The highest BCUT2D eigenvalue weighted by Crippen LogP contribution is 2.30. The fraction of sp³-hybridized carbons (Fsp3) is 0.438. The van der Waals surface area contributed by atoms with Gasteiger partial charge in [0, 0.05) is 23.8 Å². The number of rotatable bonds is 6. The van der Waals surface area contributed by atoms with Crippen LogP contribution < -0.4 is 0 Å². The van der Waals surface area contributed by atoms with E-state index in [9.17, 15) is 5.11 Å². The summed E-state index contributed by atoms with van der Waals surface area (Å²) in [5.74, 6) is -0.954. The largest absolute Gasteiger partial charge is 0.386 e. The van der Waals surface area contributed by atoms with Crippen LogP contribution in [0.25, 0.3) is 0 Å². The molecule has 0 saturated carbocycles. The van der Waals surface area contributed by atoms with Crippen molar-refractivity contribution in [2.75, 3.05) is 13.2 Å². The number of aromatic nitrogens is 2. The van der Waals surface area contributed by atoms with Gasteiger partial charge in [-0.25, -0.2) is 4.98 Å². The Balaban J connectivity index is 1.66. The second-order valence-corrected chi connectivity index (χ2v) is 5.85. The van der Waals surface area contributed by atoms with Crippen molar-refractivity contribution in [3.8, 4) is 0 Å². The summed E-state index contributed by atoms with van der Waals surface area (Å²) in [6.45, 7) is 1.39. The van der Waals surface area contributed by atoms with Gasteiger partial charge in [0.15, 0.2) is 5.79 Å². The SMILES string of the molecule is OC(Cn1ccnc1)C1(CCc2ccc(Cl)cc2)OCCO1. The van der Waals surface area contributed by atoms with Gasteiger partial charge >= 0.3 is 0 Å². The molecule has 1 aromatic carbocycles. The summed E-state index contributed by atoms with van der Waals surface area (Å²) in [4.78, 5) is 3.98. The van der Waals surface area contributed by atoms with Crippen LogP contribution in [0, 0.1) is 0 Å². The fourth-order valence-electron chi connectivity index (χ4n) is 2.68. The van der Waals surface area contributed by atoms with E-state index in [1.165, 1.54) is 0 Å². The zero-order valence-electron chi connectivity index (χ0n) is 12.2. The maximum atomic E-state index is 10.6. The first kappa shape index (κ1) is 15.5. The van der Waals surface area contributed by atoms with Crippen LogP contribution in [-0.4, -0.2) is 39.8 Å². The first-order valence-electron chi connectivity index (χ1n) is 7.34. The Labute approximate surface area is 134 Å². The maximum absolute atomic E-state index is 10.6. The summed E-state index contributed by atoms with van der Waals surface area (Å²) >= 11 is 5.90. The number of benzene rings is 1. The Hall–Kier alpha value is -1.40. The summed E-state index contributed by atoms with van der Waals surface area (Å²) in [6, 6.07) is 7.68. The smallest absolute Gasteiger partial charge is 0.196 e. The summed E-state index contributed by atoms with van der Waals surface area (Å²) in [6.07, 6.45) is 5.75. The van der Waals surface area contributed by atoms with E-state index >= 15 is 0 Å². The lowest BCUT2D eigenvalue weighted by Gasteiger charge is -2.32. The van der Waals surface area contributed by atoms with Crippen LogP contribution in [0.5, 0.6) is 0 Å². The lowest BCUT2D eigenvalue weighted by atomic mass is 9.99. The summed E-state index contributed by atoms with van der Waals surface area (Å²) in [7, 11) is 0. The van der Waals surface area contributed by atoms with E-state index in [4.69, 9.17) is 21.1 Å². The normalized spacial score (nSPS) is 18.5. The van der Waals surface area contributed by atoms with Crippen molar-refractivity contribution < 1.29 is 14.6 Å². The molecular weight excluding hydrogens is 304 g/mol. The van der Waals surface area contributed by atoms with Crippen molar-refractivity contribution in [1.82, 2.24) is 9.55 Å². The molecular formula is C16H19ClN2O3. The Morgan fingerprint density at radius 1 is 1.27 bits per heavy atom. The molecule has 1 unspecified atom stereocenters. The molecule has 1 aliphatic rings. The molecule has 5 nitrogen and oxygen atoms in total. The molecule has 6 heteroatoms. The molecule has 1 aliphatic heterocycles. The minimum absolute atomic E-state index is 0.390. The van der Waals surface area contributed by atoms with Gasteiger partial charge in [0.25, 0.3) is 0 Å². The van der Waals surface area contributed by atoms with Crippen molar-refractivity contribution in [1.29, 1.82) is 0 Å². The number of aliphatic hydroxyl groups excluding tert-OH is 1. The Morgan fingerprint density at radius 2 is 2.00 bits per heavy atom. The highest BCUT2D eigenvalue weighted by Gasteiger charge is 2.43. The lowest BCUT2D eigenvalue weighted by molar-refractivity contribution is -0.226. The standard InChI is InChI=1S/C16H19ClN2O3/c17-14-3-1-13(2-4-14)5-6-16(21-9-10-22-16)15(20)11-19-8-7-18-12-19/h1-4,7-8,12,15,20H,5-6,9-11H2. The van der Waals surface area contributed by atoms with Gasteiger partial charge in [-0.1, -0.05) is 23.7 Å². The number of ether oxygens (including phenoxy) is 2. The van der Waals surface area contributed by atoms with Crippen molar-refractivity contribution in [2.45, 2.75) is 31.3 Å². The van der Waals surface area contributed by atoms with Gasteiger partial charge in [-0.15, -0.1) is 0 Å². The predicted molar refractivity (Wildman–Crippen MR) is 82.6 cm³/mol. The quantitative estimate of drug-likeness (QED) is 0.886. The molecule has 1 atom stereocenters. The maximum Gasteiger partial charge on any atom is 0.196 e. The third-order valence-corrected chi connectivity index (χ3v) is 4.15. The van der Waals surface area contributed by atoms with Crippen LogP contribution in [0.3, 0.4) is 0 Å². The number of aliphatic hydroxyl groups is 1. The van der Waals surface area contributed by atoms with Crippen LogP contribution in [0.2, 0.25) is 5.02 Å². The van der Waals surface area contributed by atoms with Crippen LogP contribution in [0.1, 0.15) is 12.0 Å². The van der Waals surface area contributed by atoms with Gasteiger partial charge in [-0.2, -0.15) is 0 Å². The first-order chi connectivity index (χ1) is 10.7. The van der Waals surface area contributed by atoms with Gasteiger partial charge in [0.05, 0.1) is 26.1 Å². The van der Waals surface area contributed by atoms with E-state index in [1.54, 1.807) is 12.5 Å². The van der Waals surface area contributed by atoms with Crippen molar-refractivity contribution >= 4 is 11.6 Å². The molecule has 2 aromatic rings. The number of imidazole rings is 1. The third kappa shape index (κ3) is 3.50. The molecule has 1 fully saturated rings. The molecule has 118 valence electrons. The Kier molecular flexibility index (Phi) is 4.78. The van der Waals surface area contributed by atoms with Crippen LogP contribution >= 0.6 is 11.6 Å². The average molecular weight is 323 g/mol. The molecule has 0 bridgehead atoms. The van der Waals surface area contributed by atoms with E-state index in [2.05, 4.69) is 4.98 Å². The molecule has 1 N–H and O–H groups in total. The third-order valence-electron chi connectivity index (χ3n) is 3.90. The average Bonchev–Trinajstić information content (AvgIpc) is 3.19. The zero-order chi connectivity index (χ0) is 15.4. The van der Waals surface area contributed by atoms with Gasteiger partial charge in [0.2, 0.25) is 0 Å². The van der Waals surface area contributed by atoms with E-state index in [0.29, 0.717) is 31.2 Å². The minimum Gasteiger partial charge on any atom is -0.386 e. The van der Waals surface area contributed by atoms with E-state index < -0.39 is 11.9 Å². The molecule has 0 amide bonds. The number of aryl methyl sites for hydroxylation is 1. The van der Waals surface area contributed by atoms with Gasteiger partial charge < -0.3 is 19.1 Å². The molecule has 2 heterocycles. The fourth-order valence-corrected chi connectivity index (χ4v) is 2.80. The monoisotopic (exact) mass is 322 g/mol. The van der Waals surface area contributed by atoms with E-state index in [-0.39, 0.29) is 0 Å². The topological polar surface area (TPSA) is 56.5 Å². The lowest BCUT2D eigenvalue weighted by Crippen LogP contribution is -2.46. The first-order valence-corrected chi connectivity index (χ1v) is 7.72. The highest BCUT2D eigenvalue weighted by molar-refractivity contribution is 6.30. The molecule has 0 spiro atoms. The minimum atomic E-state index is -0.954. The van der Waals surface area contributed by atoms with Crippen molar-refractivity contribution in [3.63, 3.8) is 0 Å². The number of hydrogen-bond acceptors (Lipinski definition) is 4. The van der Waals surface area contributed by atoms with Gasteiger partial charge in [0.1, 0.15) is 6.10 Å². The summed E-state index contributed by atoms with van der Waals surface area (Å²) in [5, 5.41) is 11.3. The zero-order valence-corrected chi connectivity index (χ0v) is 12.9. The Bertz CT molecular complexity index is 580. The van der Waals surface area contributed by atoms with Crippen LogP contribution in [-0.2, 0) is 22.4 Å². The number of hydrogen-bond donors (Lipinski definition) is 1. The number of nitrogens with zero attached hydrogens (tertiary/aromatic N) is 2. The van der Waals surface area contributed by atoms with E-state index in [1.807, 2.05) is 35.0 Å². The van der Waals surface area contributed by atoms with Crippen LogP contribution in [0.15, 0.2) is 43.0 Å². The molecule has 0 aliphatic carbocycles. The molecule has 22 heavy (non-hydrogen) atoms. The van der Waals surface area contributed by atoms with E-state index in [0.717, 1.165) is 12.0 Å². The second kappa shape index (κ2) is 6.79. The van der Waals surface area contributed by atoms with Gasteiger partial charge in [-0.3, -0.25) is 0 Å². The molecule has 1 saturated heterocycles. The van der Waals surface area contributed by atoms with Crippen molar-refractivity contribution in [2.24, 2.45) is 0 Å². The van der Waals surface area contributed by atoms with Gasteiger partial charge in [-0.05, 0) is 24.1 Å². The summed E-state index contributed by atoms with van der Waals surface area (Å²) < 4.78 is 13.3. The Morgan fingerprint density at radius 3 is 2.64 bits per heavy atom.